The molecule has 1 N–H and O–H groups in total. The highest BCUT2D eigenvalue weighted by Gasteiger charge is 2.33. The van der Waals surface area contributed by atoms with E-state index in [9.17, 15) is 13.2 Å². The Hall–Kier alpha value is -1.30. The van der Waals surface area contributed by atoms with E-state index in [0.717, 1.165) is 0 Å². The lowest BCUT2D eigenvalue weighted by molar-refractivity contribution is 0.0742. The van der Waals surface area contributed by atoms with Crippen LogP contribution < -0.4 is 0 Å². The molecule has 0 radical (unpaired) electrons. The summed E-state index contributed by atoms with van der Waals surface area (Å²) in [5, 5.41) is 0. The fourth-order valence-corrected chi connectivity index (χ4v) is 3.67. The lowest BCUT2D eigenvalue weighted by Gasteiger charge is -2.22. The first-order chi connectivity index (χ1) is 7.49. The Morgan fingerprint density at radius 3 is 2.81 bits per heavy atom. The smallest absolute Gasteiger partial charge is 0.270 e. The van der Waals surface area contributed by atoms with Crippen LogP contribution in [0.2, 0.25) is 0 Å². The van der Waals surface area contributed by atoms with Gasteiger partial charge >= 0.3 is 0 Å². The molecule has 5 nitrogen and oxygen atoms in total. The highest BCUT2D eigenvalue weighted by atomic mass is 32.2. The number of nitrogens with one attached hydrogen (secondary N) is 1. The minimum absolute atomic E-state index is 0.0793. The summed E-state index contributed by atoms with van der Waals surface area (Å²) in [6.07, 6.45) is 2.21. The summed E-state index contributed by atoms with van der Waals surface area (Å²) in [5.41, 5.74) is 0.492. The summed E-state index contributed by atoms with van der Waals surface area (Å²) >= 11 is 0. The number of aromatic nitrogens is 1. The van der Waals surface area contributed by atoms with E-state index < -0.39 is 9.84 Å². The van der Waals surface area contributed by atoms with Gasteiger partial charge in [0.25, 0.3) is 5.91 Å². The molecule has 1 aromatic rings. The predicted molar refractivity (Wildman–Crippen MR) is 59.9 cm³/mol. The highest BCUT2D eigenvalue weighted by molar-refractivity contribution is 7.91. The summed E-state index contributed by atoms with van der Waals surface area (Å²) < 4.78 is 22.6. The van der Waals surface area contributed by atoms with Crippen LogP contribution in [-0.4, -0.2) is 48.8 Å². The number of hydrogen-bond donors (Lipinski definition) is 1. The van der Waals surface area contributed by atoms with Crippen molar-refractivity contribution in [3.63, 3.8) is 0 Å². The van der Waals surface area contributed by atoms with Crippen LogP contribution in [0.4, 0.5) is 0 Å². The van der Waals surface area contributed by atoms with Gasteiger partial charge in [0.05, 0.1) is 11.5 Å². The van der Waals surface area contributed by atoms with Crippen LogP contribution >= 0.6 is 0 Å². The number of hydrogen-bond acceptors (Lipinski definition) is 3. The lowest BCUT2D eigenvalue weighted by Crippen LogP contribution is -2.37. The summed E-state index contributed by atoms with van der Waals surface area (Å²) in [7, 11) is -1.30. The van der Waals surface area contributed by atoms with Crippen molar-refractivity contribution < 1.29 is 13.2 Å². The van der Waals surface area contributed by atoms with Crippen molar-refractivity contribution in [2.45, 2.75) is 12.5 Å². The van der Waals surface area contributed by atoms with Crippen LogP contribution in [0.3, 0.4) is 0 Å². The van der Waals surface area contributed by atoms with Gasteiger partial charge in [-0.3, -0.25) is 4.79 Å². The van der Waals surface area contributed by atoms with Crippen molar-refractivity contribution >= 4 is 15.7 Å². The number of rotatable bonds is 2. The average molecular weight is 242 g/mol. The molecule has 0 bridgehead atoms. The zero-order valence-electron chi connectivity index (χ0n) is 9.01. The van der Waals surface area contributed by atoms with E-state index in [1.54, 1.807) is 25.4 Å². The van der Waals surface area contributed by atoms with Crippen molar-refractivity contribution in [1.29, 1.82) is 0 Å². The van der Waals surface area contributed by atoms with E-state index in [2.05, 4.69) is 4.98 Å². The molecule has 1 saturated heterocycles. The monoisotopic (exact) mass is 242 g/mol. The molecule has 1 aromatic heterocycles. The zero-order chi connectivity index (χ0) is 11.8. The van der Waals surface area contributed by atoms with Crippen LogP contribution in [0.15, 0.2) is 18.3 Å². The Bertz CT molecular complexity index is 478. The Morgan fingerprint density at radius 1 is 1.56 bits per heavy atom. The summed E-state index contributed by atoms with van der Waals surface area (Å²) in [6.45, 7) is 0. The van der Waals surface area contributed by atoms with Gasteiger partial charge in [-0.15, -0.1) is 0 Å². The maximum absolute atomic E-state index is 11.9. The van der Waals surface area contributed by atoms with Gasteiger partial charge in [0.15, 0.2) is 9.84 Å². The first-order valence-electron chi connectivity index (χ1n) is 5.10. The van der Waals surface area contributed by atoms with Crippen molar-refractivity contribution in [3.8, 4) is 0 Å². The van der Waals surface area contributed by atoms with Crippen molar-refractivity contribution in [2.75, 3.05) is 18.6 Å². The molecule has 0 aromatic carbocycles. The fraction of sp³-hybridized carbons (Fsp3) is 0.500. The molecule has 1 unspecified atom stereocenters. The van der Waals surface area contributed by atoms with E-state index in [0.29, 0.717) is 12.1 Å². The van der Waals surface area contributed by atoms with E-state index in [-0.39, 0.29) is 23.5 Å². The third kappa shape index (κ3) is 2.11. The van der Waals surface area contributed by atoms with Crippen LogP contribution in [0.5, 0.6) is 0 Å². The Labute approximate surface area is 94.4 Å². The molecule has 1 amide bonds. The minimum atomic E-state index is -2.95. The molecule has 1 aliphatic rings. The van der Waals surface area contributed by atoms with E-state index in [1.807, 2.05) is 0 Å². The van der Waals surface area contributed by atoms with Crippen LogP contribution in [-0.2, 0) is 9.84 Å². The topological polar surface area (TPSA) is 70.2 Å². The van der Waals surface area contributed by atoms with Gasteiger partial charge in [-0.1, -0.05) is 0 Å². The van der Waals surface area contributed by atoms with Crippen LogP contribution in [0.25, 0.3) is 0 Å². The molecule has 16 heavy (non-hydrogen) atoms. The number of H-pyrrole nitrogens is 1. The number of carbonyl (C=O) groups is 1. The summed E-state index contributed by atoms with van der Waals surface area (Å²) in [5.74, 6) is 0.0998. The lowest BCUT2D eigenvalue weighted by atomic mass is 10.2. The van der Waals surface area contributed by atoms with Gasteiger partial charge in [-0.05, 0) is 18.6 Å². The molecule has 88 valence electrons. The van der Waals surface area contributed by atoms with Gasteiger partial charge in [0.2, 0.25) is 0 Å². The second-order valence-electron chi connectivity index (χ2n) is 4.06. The van der Waals surface area contributed by atoms with Crippen LogP contribution in [0.1, 0.15) is 16.9 Å². The second kappa shape index (κ2) is 3.93. The molecular formula is C10H14N2O3S. The molecule has 6 heteroatoms. The third-order valence-corrected chi connectivity index (χ3v) is 4.66. The Kier molecular flexibility index (Phi) is 2.75. The van der Waals surface area contributed by atoms with Gasteiger partial charge in [-0.2, -0.15) is 0 Å². The molecule has 0 spiro atoms. The van der Waals surface area contributed by atoms with E-state index >= 15 is 0 Å². The minimum Gasteiger partial charge on any atom is -0.357 e. The second-order valence-corrected chi connectivity index (χ2v) is 6.29. The first kappa shape index (κ1) is 11.2. The molecular weight excluding hydrogens is 228 g/mol. The number of aromatic amines is 1. The zero-order valence-corrected chi connectivity index (χ0v) is 9.83. The van der Waals surface area contributed by atoms with Gasteiger partial charge in [-0.25, -0.2) is 8.42 Å². The van der Waals surface area contributed by atoms with Gasteiger partial charge < -0.3 is 9.88 Å². The highest BCUT2D eigenvalue weighted by Crippen LogP contribution is 2.17. The molecule has 0 saturated carbocycles. The maximum Gasteiger partial charge on any atom is 0.270 e. The maximum atomic E-state index is 11.9. The number of sulfone groups is 1. The third-order valence-electron chi connectivity index (χ3n) is 2.90. The Morgan fingerprint density at radius 2 is 2.31 bits per heavy atom. The number of nitrogens with zero attached hydrogens (tertiary/aromatic N) is 1. The van der Waals surface area contributed by atoms with Crippen LogP contribution in [0, 0.1) is 0 Å². The standard InChI is InChI=1S/C10H14N2O3S/c1-12(8-4-6-16(14,15)7-8)10(13)9-3-2-5-11-9/h2-3,5,8,11H,4,6-7H2,1H3. The fourth-order valence-electron chi connectivity index (χ4n) is 1.90. The normalized spacial score (nSPS) is 23.2. The molecule has 2 heterocycles. The summed E-state index contributed by atoms with van der Waals surface area (Å²) in [6, 6.07) is 3.23. The van der Waals surface area contributed by atoms with Crippen molar-refractivity contribution in [2.24, 2.45) is 0 Å². The molecule has 1 aliphatic heterocycles. The quantitative estimate of drug-likeness (QED) is 0.809. The SMILES string of the molecule is CN(C(=O)c1ccc[nH]1)C1CCS(=O)(=O)C1. The Balaban J connectivity index is 2.09. The molecule has 1 fully saturated rings. The van der Waals surface area contributed by atoms with Crippen molar-refractivity contribution in [1.82, 2.24) is 9.88 Å². The van der Waals surface area contributed by atoms with Gasteiger partial charge in [0, 0.05) is 19.3 Å². The molecule has 0 aliphatic carbocycles. The predicted octanol–water partition coefficient (Wildman–Crippen LogP) is 0.274. The number of carbonyl (C=O) groups excluding carboxylic acids is 1. The average Bonchev–Trinajstić information content (AvgIpc) is 2.84. The van der Waals surface area contributed by atoms with E-state index in [4.69, 9.17) is 0 Å². The van der Waals surface area contributed by atoms with E-state index in [1.165, 1.54) is 4.90 Å². The molecule has 1 atom stereocenters. The van der Waals surface area contributed by atoms with Gasteiger partial charge in [0.1, 0.15) is 5.69 Å². The molecule has 2 rings (SSSR count). The number of amides is 1. The first-order valence-corrected chi connectivity index (χ1v) is 6.93. The van der Waals surface area contributed by atoms with Crippen molar-refractivity contribution in [3.05, 3.63) is 24.0 Å². The summed E-state index contributed by atoms with van der Waals surface area (Å²) in [4.78, 5) is 16.2. The largest absolute Gasteiger partial charge is 0.357 e.